The van der Waals surface area contributed by atoms with Gasteiger partial charge in [-0.15, -0.1) is 0 Å². The van der Waals surface area contributed by atoms with Crippen LogP contribution >= 0.6 is 34.5 Å². The maximum Gasteiger partial charge on any atom is 0.244 e. The smallest absolute Gasteiger partial charge is 0.244 e. The van der Waals surface area contributed by atoms with E-state index in [1.807, 2.05) is 24.3 Å². The third-order valence-electron chi connectivity index (χ3n) is 4.65. The average molecular weight is 458 g/mol. The number of aromatic nitrogens is 1. The number of rotatable bonds is 4. The Morgan fingerprint density at radius 1 is 1.18 bits per heavy atom. The second-order valence-corrected chi connectivity index (χ2v) is 10.1. The molecule has 0 aliphatic carbocycles. The van der Waals surface area contributed by atoms with Gasteiger partial charge in [-0.3, -0.25) is 0 Å². The third kappa shape index (κ3) is 3.92. The molecule has 1 fully saturated rings. The van der Waals surface area contributed by atoms with Crippen LogP contribution in [0, 0.1) is 0 Å². The third-order valence-corrected chi connectivity index (χ3v) is 7.79. The van der Waals surface area contributed by atoms with Crippen LogP contribution in [0.5, 0.6) is 5.75 Å². The number of piperidine rings is 1. The first kappa shape index (κ1) is 19.7. The van der Waals surface area contributed by atoms with Gasteiger partial charge in [-0.05, 0) is 37.1 Å². The maximum absolute atomic E-state index is 12.7. The molecule has 1 aliphatic rings. The molecule has 3 aromatic rings. The lowest BCUT2D eigenvalue weighted by molar-refractivity contribution is 0.446. The second kappa shape index (κ2) is 7.68. The minimum atomic E-state index is -3.94. The summed E-state index contributed by atoms with van der Waals surface area (Å²) in [5.41, 5.74) is 0.971. The number of fused-ring (bicyclic) bond motifs is 1. The number of anilines is 1. The number of benzene rings is 2. The second-order valence-electron chi connectivity index (χ2n) is 6.58. The van der Waals surface area contributed by atoms with Gasteiger partial charge in [0, 0.05) is 24.2 Å². The molecule has 0 bridgehead atoms. The fraction of sp³-hybridized carbons (Fsp3) is 0.278. The number of aromatic hydroxyl groups is 1. The molecule has 1 aliphatic heterocycles. The van der Waals surface area contributed by atoms with Crippen molar-refractivity contribution in [3.05, 3.63) is 46.4 Å². The van der Waals surface area contributed by atoms with Crippen molar-refractivity contribution in [2.75, 3.05) is 18.0 Å². The molecule has 2 aromatic carbocycles. The molecule has 28 heavy (non-hydrogen) atoms. The Morgan fingerprint density at radius 3 is 2.61 bits per heavy atom. The van der Waals surface area contributed by atoms with Crippen molar-refractivity contribution >= 4 is 59.9 Å². The van der Waals surface area contributed by atoms with Crippen molar-refractivity contribution in [1.29, 1.82) is 0 Å². The summed E-state index contributed by atoms with van der Waals surface area (Å²) < 4.78 is 29.2. The maximum atomic E-state index is 12.7. The van der Waals surface area contributed by atoms with Crippen molar-refractivity contribution in [3.63, 3.8) is 0 Å². The summed E-state index contributed by atoms with van der Waals surface area (Å²) in [4.78, 5) is 6.52. The zero-order valence-electron chi connectivity index (χ0n) is 14.6. The summed E-state index contributed by atoms with van der Waals surface area (Å²) in [6.07, 6.45) is 1.26. The van der Waals surface area contributed by atoms with Crippen LogP contribution in [0.1, 0.15) is 12.8 Å². The van der Waals surface area contributed by atoms with E-state index in [0.29, 0.717) is 25.9 Å². The molecule has 0 unspecified atom stereocenters. The first-order valence-electron chi connectivity index (χ1n) is 8.64. The van der Waals surface area contributed by atoms with E-state index in [-0.39, 0.29) is 21.0 Å². The van der Waals surface area contributed by atoms with Crippen molar-refractivity contribution in [3.8, 4) is 5.75 Å². The summed E-state index contributed by atoms with van der Waals surface area (Å²) in [6, 6.07) is 10.2. The molecule has 2 N–H and O–H groups in total. The molecule has 1 aromatic heterocycles. The number of phenols is 1. The van der Waals surface area contributed by atoms with Gasteiger partial charge in [0.25, 0.3) is 0 Å². The van der Waals surface area contributed by atoms with E-state index < -0.39 is 15.8 Å². The van der Waals surface area contributed by atoms with Gasteiger partial charge >= 0.3 is 0 Å². The number of halogens is 2. The monoisotopic (exact) mass is 457 g/mol. The number of thiazole rings is 1. The van der Waals surface area contributed by atoms with Crippen LogP contribution in [0.2, 0.25) is 10.0 Å². The highest BCUT2D eigenvalue weighted by Crippen LogP contribution is 2.35. The predicted octanol–water partition coefficient (Wildman–Crippen LogP) is 4.26. The average Bonchev–Trinajstić information content (AvgIpc) is 3.09. The number of phenolic OH excluding ortho intramolecular Hbond substituents is 1. The molecule has 0 saturated carbocycles. The lowest BCUT2D eigenvalue weighted by Gasteiger charge is -2.32. The molecule has 10 heteroatoms. The Hall–Kier alpha value is -1.58. The zero-order chi connectivity index (χ0) is 19.9. The standard InChI is InChI=1S/C18H17Cl2N3O3S2/c19-11-9-13(20)17(24)16(10-11)28(25,26)22-12-5-7-23(8-6-12)18-21-14-3-1-2-4-15(14)27-18/h1-4,9-10,12,22,24H,5-8H2. The molecule has 148 valence electrons. The predicted molar refractivity (Wildman–Crippen MR) is 113 cm³/mol. The van der Waals surface area contributed by atoms with E-state index in [4.69, 9.17) is 23.2 Å². The molecular weight excluding hydrogens is 441 g/mol. The number of nitrogens with one attached hydrogen (secondary N) is 1. The number of sulfonamides is 1. The molecule has 0 atom stereocenters. The number of hydrogen-bond donors (Lipinski definition) is 2. The lowest BCUT2D eigenvalue weighted by atomic mass is 10.1. The quantitative estimate of drug-likeness (QED) is 0.611. The fourth-order valence-corrected chi connectivity index (χ4v) is 6.29. The van der Waals surface area contributed by atoms with Crippen LogP contribution in [0.15, 0.2) is 41.3 Å². The number of hydrogen-bond acceptors (Lipinski definition) is 6. The normalized spacial score (nSPS) is 16.0. The largest absolute Gasteiger partial charge is 0.505 e. The van der Waals surface area contributed by atoms with E-state index in [0.717, 1.165) is 15.3 Å². The first-order chi connectivity index (χ1) is 13.3. The van der Waals surface area contributed by atoms with E-state index in [1.165, 1.54) is 12.1 Å². The van der Waals surface area contributed by atoms with Gasteiger partial charge in [-0.25, -0.2) is 18.1 Å². The van der Waals surface area contributed by atoms with E-state index in [9.17, 15) is 13.5 Å². The van der Waals surface area contributed by atoms with Gasteiger partial charge in [0.1, 0.15) is 4.90 Å². The van der Waals surface area contributed by atoms with Crippen molar-refractivity contribution in [2.24, 2.45) is 0 Å². The molecule has 0 amide bonds. The summed E-state index contributed by atoms with van der Waals surface area (Å²) in [6.45, 7) is 1.38. The van der Waals surface area contributed by atoms with E-state index >= 15 is 0 Å². The topological polar surface area (TPSA) is 82.5 Å². The Morgan fingerprint density at radius 2 is 1.89 bits per heavy atom. The first-order valence-corrected chi connectivity index (χ1v) is 11.7. The minimum absolute atomic E-state index is 0.0986. The van der Waals surface area contributed by atoms with E-state index in [2.05, 4.69) is 14.6 Å². The number of nitrogens with zero attached hydrogens (tertiary/aromatic N) is 2. The van der Waals surface area contributed by atoms with Crippen LogP contribution in [0.25, 0.3) is 10.2 Å². The Bertz CT molecular complexity index is 1090. The van der Waals surface area contributed by atoms with Gasteiger partial charge in [-0.1, -0.05) is 46.7 Å². The number of para-hydroxylation sites is 1. The Balaban J connectivity index is 1.45. The summed E-state index contributed by atoms with van der Waals surface area (Å²) in [5, 5.41) is 11.0. The van der Waals surface area contributed by atoms with Crippen LogP contribution in [0.3, 0.4) is 0 Å². The molecule has 6 nitrogen and oxygen atoms in total. The Labute approximate surface area is 176 Å². The van der Waals surface area contributed by atoms with Gasteiger partial charge in [0.2, 0.25) is 10.0 Å². The minimum Gasteiger partial charge on any atom is -0.505 e. The molecule has 1 saturated heterocycles. The summed E-state index contributed by atoms with van der Waals surface area (Å²) in [5.74, 6) is -0.495. The summed E-state index contributed by atoms with van der Waals surface area (Å²) in [7, 11) is -3.94. The highest BCUT2D eigenvalue weighted by Gasteiger charge is 2.28. The van der Waals surface area contributed by atoms with Crippen molar-refractivity contribution in [1.82, 2.24) is 9.71 Å². The van der Waals surface area contributed by atoms with Crippen LogP contribution in [-0.4, -0.2) is 37.6 Å². The van der Waals surface area contributed by atoms with Crippen molar-refractivity contribution in [2.45, 2.75) is 23.8 Å². The molecule has 0 spiro atoms. The fourth-order valence-electron chi connectivity index (χ4n) is 3.21. The highest BCUT2D eigenvalue weighted by atomic mass is 35.5. The van der Waals surface area contributed by atoms with Crippen molar-refractivity contribution < 1.29 is 13.5 Å². The SMILES string of the molecule is O=S(=O)(NC1CCN(c2nc3ccccc3s2)CC1)c1cc(Cl)cc(Cl)c1O. The summed E-state index contributed by atoms with van der Waals surface area (Å²) >= 11 is 13.4. The van der Waals surface area contributed by atoms with Gasteiger partial charge in [-0.2, -0.15) is 0 Å². The van der Waals surface area contributed by atoms with Crippen LogP contribution in [0.4, 0.5) is 5.13 Å². The molecule has 4 rings (SSSR count). The van der Waals surface area contributed by atoms with Gasteiger partial charge < -0.3 is 10.0 Å². The lowest BCUT2D eigenvalue weighted by Crippen LogP contribution is -2.44. The zero-order valence-corrected chi connectivity index (χ0v) is 17.7. The Kier molecular flexibility index (Phi) is 5.41. The van der Waals surface area contributed by atoms with Gasteiger partial charge in [0.05, 0.1) is 15.2 Å². The van der Waals surface area contributed by atoms with Gasteiger partial charge in [0.15, 0.2) is 10.9 Å². The molecule has 2 heterocycles. The molecular formula is C18H17Cl2N3O3S2. The van der Waals surface area contributed by atoms with E-state index in [1.54, 1.807) is 11.3 Å². The molecule has 0 radical (unpaired) electrons. The van der Waals surface area contributed by atoms with Crippen LogP contribution in [-0.2, 0) is 10.0 Å². The van der Waals surface area contributed by atoms with Crippen LogP contribution < -0.4 is 9.62 Å². The highest BCUT2D eigenvalue weighted by molar-refractivity contribution is 7.89.